The first kappa shape index (κ1) is 34.7. The summed E-state index contributed by atoms with van der Waals surface area (Å²) in [6.45, 7) is 4.32. The summed E-state index contributed by atoms with van der Waals surface area (Å²) in [6.07, 6.45) is 4.87. The summed E-state index contributed by atoms with van der Waals surface area (Å²) >= 11 is 0. The molecule has 262 valence electrons. The molecule has 0 saturated heterocycles. The van der Waals surface area contributed by atoms with Crippen molar-refractivity contribution >= 4 is 39.3 Å². The first-order valence-electron chi connectivity index (χ1n) is 16.7. The van der Waals surface area contributed by atoms with Gasteiger partial charge >= 0.3 is 0 Å². The highest BCUT2D eigenvalue weighted by Crippen LogP contribution is 2.37. The van der Waals surface area contributed by atoms with Gasteiger partial charge in [-0.15, -0.1) is 0 Å². The SMILES string of the molecule is COc1ccc2[nH]cc(CCNC(=O)Cc3c(C)nc(C)c(CC(=O)NCCc4c[nH]c5ccc(OC)cc45)c3-c3ccccc3[N+](=O)[O-])c2c1. The van der Waals surface area contributed by atoms with Gasteiger partial charge in [-0.1, -0.05) is 12.1 Å². The minimum absolute atomic E-state index is 0.0686. The maximum atomic E-state index is 13.5. The molecule has 6 aromatic rings. The molecule has 3 heterocycles. The smallest absolute Gasteiger partial charge is 0.277 e. The Kier molecular flexibility index (Phi) is 10.3. The Morgan fingerprint density at radius 1 is 0.765 bits per heavy atom. The van der Waals surface area contributed by atoms with Crippen LogP contribution in [0, 0.1) is 24.0 Å². The van der Waals surface area contributed by atoms with E-state index in [-0.39, 0.29) is 30.3 Å². The third kappa shape index (κ3) is 7.54. The number of amides is 2. The van der Waals surface area contributed by atoms with Crippen molar-refractivity contribution in [2.75, 3.05) is 27.3 Å². The molecule has 12 nitrogen and oxygen atoms in total. The molecule has 2 amide bonds. The van der Waals surface area contributed by atoms with Crippen LogP contribution in [0.4, 0.5) is 5.69 Å². The number of nitrogens with zero attached hydrogens (tertiary/aromatic N) is 2. The molecule has 3 aromatic carbocycles. The zero-order valence-corrected chi connectivity index (χ0v) is 29.0. The van der Waals surface area contributed by atoms with Gasteiger partial charge in [-0.25, -0.2) is 0 Å². The van der Waals surface area contributed by atoms with Gasteiger partial charge in [0.15, 0.2) is 0 Å². The van der Waals surface area contributed by atoms with Gasteiger partial charge in [0, 0.05) is 64.7 Å². The first-order chi connectivity index (χ1) is 24.7. The van der Waals surface area contributed by atoms with Crippen LogP contribution >= 0.6 is 0 Å². The number of nitrogens with one attached hydrogen (secondary N) is 4. The van der Waals surface area contributed by atoms with Crippen LogP contribution in [0.1, 0.15) is 33.6 Å². The van der Waals surface area contributed by atoms with Gasteiger partial charge < -0.3 is 30.1 Å². The molecule has 0 unspecified atom stereocenters. The van der Waals surface area contributed by atoms with Crippen LogP contribution < -0.4 is 20.1 Å². The van der Waals surface area contributed by atoms with E-state index in [0.29, 0.717) is 59.6 Å². The van der Waals surface area contributed by atoms with Gasteiger partial charge in [0.1, 0.15) is 11.5 Å². The van der Waals surface area contributed by atoms with E-state index in [1.165, 1.54) is 6.07 Å². The van der Waals surface area contributed by atoms with Crippen LogP contribution in [0.15, 0.2) is 73.1 Å². The van der Waals surface area contributed by atoms with E-state index in [2.05, 4.69) is 20.6 Å². The maximum Gasteiger partial charge on any atom is 0.277 e. The van der Waals surface area contributed by atoms with E-state index >= 15 is 0 Å². The summed E-state index contributed by atoms with van der Waals surface area (Å²) in [5.41, 5.74) is 6.95. The van der Waals surface area contributed by atoms with E-state index in [9.17, 15) is 19.7 Å². The number of aromatic amines is 2. The zero-order chi connectivity index (χ0) is 36.1. The highest BCUT2D eigenvalue weighted by Gasteiger charge is 2.26. The third-order valence-corrected chi connectivity index (χ3v) is 9.24. The standard InChI is InChI=1S/C39H40N6O6/c1-23-30(19-37(46)40-15-13-25-21-42-34-11-9-27(50-3)17-32(25)34)39(29-7-5-6-8-36(29)45(48)49)31(24(2)44-23)20-38(47)41-16-14-26-22-43-35-12-10-28(51-4)18-33(26)35/h5-12,17-18,21-22,42-43H,13-16,19-20H2,1-4H3,(H,40,46)(H,41,47). The second-order valence-electron chi connectivity index (χ2n) is 12.4. The molecular weight excluding hydrogens is 648 g/mol. The number of hydrogen-bond donors (Lipinski definition) is 4. The number of nitro groups is 1. The molecule has 4 N–H and O–H groups in total. The predicted octanol–water partition coefficient (Wildman–Crippen LogP) is 6.06. The van der Waals surface area contributed by atoms with Crippen molar-refractivity contribution in [2.45, 2.75) is 39.5 Å². The van der Waals surface area contributed by atoms with E-state index in [1.54, 1.807) is 46.3 Å². The number of pyridine rings is 1. The highest BCUT2D eigenvalue weighted by molar-refractivity contribution is 5.90. The number of aromatic nitrogens is 3. The lowest BCUT2D eigenvalue weighted by atomic mass is 9.88. The molecule has 0 radical (unpaired) electrons. The van der Waals surface area contributed by atoms with Crippen LogP contribution in [0.3, 0.4) is 0 Å². The van der Waals surface area contributed by atoms with Gasteiger partial charge in [-0.05, 0) is 97.0 Å². The maximum absolute atomic E-state index is 13.5. The molecule has 0 bridgehead atoms. The van der Waals surface area contributed by atoms with Crippen molar-refractivity contribution in [3.05, 3.63) is 117 Å². The number of hydrogen-bond acceptors (Lipinski definition) is 7. The molecule has 0 aliphatic carbocycles. The minimum Gasteiger partial charge on any atom is -0.497 e. The van der Waals surface area contributed by atoms with Gasteiger partial charge in [0.25, 0.3) is 5.69 Å². The number of H-pyrrole nitrogens is 2. The summed E-state index contributed by atoms with van der Waals surface area (Å²) in [4.78, 5) is 49.9. The average molecular weight is 689 g/mol. The lowest BCUT2D eigenvalue weighted by molar-refractivity contribution is -0.384. The quantitative estimate of drug-likeness (QED) is 0.0799. The number of aryl methyl sites for hydroxylation is 2. The number of carbonyl (C=O) groups is 2. The van der Waals surface area contributed by atoms with Crippen molar-refractivity contribution in [1.82, 2.24) is 25.6 Å². The van der Waals surface area contributed by atoms with E-state index in [1.807, 2.05) is 48.8 Å². The molecule has 6 rings (SSSR count). The summed E-state index contributed by atoms with van der Waals surface area (Å²) in [5.74, 6) is 0.979. The largest absolute Gasteiger partial charge is 0.497 e. The summed E-state index contributed by atoms with van der Waals surface area (Å²) in [5, 5.41) is 20.3. The number of fused-ring (bicyclic) bond motifs is 2. The molecule has 0 saturated carbocycles. The second-order valence-corrected chi connectivity index (χ2v) is 12.4. The normalized spacial score (nSPS) is 11.1. The summed E-state index contributed by atoms with van der Waals surface area (Å²) < 4.78 is 10.7. The molecule has 0 aliphatic heterocycles. The monoisotopic (exact) mass is 688 g/mol. The molecule has 12 heteroatoms. The third-order valence-electron chi connectivity index (χ3n) is 9.24. The van der Waals surface area contributed by atoms with Crippen LogP contribution in [0.25, 0.3) is 32.9 Å². The number of nitro benzene ring substituents is 1. The van der Waals surface area contributed by atoms with Gasteiger partial charge in [0.05, 0.1) is 37.5 Å². The lowest BCUT2D eigenvalue weighted by Gasteiger charge is -2.19. The van der Waals surface area contributed by atoms with Crippen molar-refractivity contribution in [3.8, 4) is 22.6 Å². The Labute approximate surface area is 294 Å². The van der Waals surface area contributed by atoms with Gasteiger partial charge in [0.2, 0.25) is 11.8 Å². The predicted molar refractivity (Wildman–Crippen MR) is 196 cm³/mol. The number of methoxy groups -OCH3 is 2. The van der Waals surface area contributed by atoms with Gasteiger partial charge in [-0.3, -0.25) is 24.7 Å². The van der Waals surface area contributed by atoms with E-state index < -0.39 is 4.92 Å². The summed E-state index contributed by atoms with van der Waals surface area (Å²) in [6, 6.07) is 18.0. The average Bonchev–Trinajstić information content (AvgIpc) is 3.73. The molecule has 0 atom stereocenters. The fourth-order valence-electron chi connectivity index (χ4n) is 6.63. The molecule has 0 aliphatic rings. The van der Waals surface area contributed by atoms with Crippen molar-refractivity contribution in [1.29, 1.82) is 0 Å². The lowest BCUT2D eigenvalue weighted by Crippen LogP contribution is -2.29. The number of ether oxygens (including phenoxy) is 2. The van der Waals surface area contributed by atoms with Gasteiger partial charge in [-0.2, -0.15) is 0 Å². The topological polar surface area (TPSA) is 164 Å². The number of carbonyl (C=O) groups excluding carboxylic acids is 2. The van der Waals surface area contributed by atoms with Crippen molar-refractivity contribution in [2.24, 2.45) is 0 Å². The highest BCUT2D eigenvalue weighted by atomic mass is 16.6. The number of benzene rings is 3. The Hall–Kier alpha value is -6.17. The first-order valence-corrected chi connectivity index (χ1v) is 16.7. The Morgan fingerprint density at radius 2 is 1.25 bits per heavy atom. The van der Waals surface area contributed by atoms with E-state index in [4.69, 9.17) is 14.5 Å². The summed E-state index contributed by atoms with van der Waals surface area (Å²) in [7, 11) is 3.24. The molecule has 0 spiro atoms. The minimum atomic E-state index is -0.444. The fraction of sp³-hybridized carbons (Fsp3) is 0.256. The Balaban J connectivity index is 1.22. The van der Waals surface area contributed by atoms with Crippen molar-refractivity contribution < 1.29 is 24.0 Å². The molecule has 3 aromatic heterocycles. The zero-order valence-electron chi connectivity index (χ0n) is 29.0. The van der Waals surface area contributed by atoms with Crippen LogP contribution in [0.5, 0.6) is 11.5 Å². The molecular formula is C39H40N6O6. The number of rotatable bonds is 14. The molecule has 51 heavy (non-hydrogen) atoms. The second kappa shape index (κ2) is 15.2. The van der Waals surface area contributed by atoms with Crippen molar-refractivity contribution in [3.63, 3.8) is 0 Å². The fourth-order valence-corrected chi connectivity index (χ4v) is 6.63. The van der Waals surface area contributed by atoms with Crippen LogP contribution in [-0.4, -0.2) is 59.0 Å². The number of para-hydroxylation sites is 1. The van der Waals surface area contributed by atoms with Crippen LogP contribution in [0.2, 0.25) is 0 Å². The van der Waals surface area contributed by atoms with E-state index in [0.717, 1.165) is 44.4 Å². The van der Waals surface area contributed by atoms with Crippen LogP contribution in [-0.2, 0) is 35.3 Å². The Bertz CT molecular complexity index is 2130. The Morgan fingerprint density at radius 3 is 1.73 bits per heavy atom. The molecule has 0 fully saturated rings.